The summed E-state index contributed by atoms with van der Waals surface area (Å²) in [6.07, 6.45) is -1.32. The Bertz CT molecular complexity index is 1650. The molecule has 0 saturated carbocycles. The number of benzene rings is 4. The number of aliphatic hydroxyl groups excluding tert-OH is 1. The quantitative estimate of drug-likeness (QED) is 0.133. The first-order chi connectivity index (χ1) is 18.9. The molecule has 0 saturated heterocycles. The van der Waals surface area contributed by atoms with E-state index in [2.05, 4.69) is 5.32 Å². The monoisotopic (exact) mass is 517 g/mol. The number of hydrogen-bond donors (Lipinski definition) is 2. The van der Waals surface area contributed by atoms with Crippen molar-refractivity contribution in [3.8, 4) is 11.1 Å². The molecule has 1 amide bonds. The number of anilines is 1. The van der Waals surface area contributed by atoms with E-state index in [-0.39, 0.29) is 28.2 Å². The highest BCUT2D eigenvalue weighted by Crippen LogP contribution is 2.39. The molecular weight excluding hydrogens is 494 g/mol. The summed E-state index contributed by atoms with van der Waals surface area (Å²) in [5.74, 6) is -3.59. The van der Waals surface area contributed by atoms with Crippen molar-refractivity contribution in [1.29, 1.82) is 0 Å². The molecule has 1 atom stereocenters. The van der Waals surface area contributed by atoms with E-state index in [1.165, 1.54) is 19.1 Å². The average molecular weight is 518 g/mol. The van der Waals surface area contributed by atoms with Gasteiger partial charge in [0.1, 0.15) is 0 Å². The summed E-state index contributed by atoms with van der Waals surface area (Å²) in [5, 5.41) is 13.8. The lowest BCUT2D eigenvalue weighted by Gasteiger charge is -2.18. The Morgan fingerprint density at radius 3 is 2.05 bits per heavy atom. The number of esters is 1. The number of carbonyl (C=O) groups excluding carboxylic acids is 4. The van der Waals surface area contributed by atoms with E-state index in [0.717, 1.165) is 5.56 Å². The van der Waals surface area contributed by atoms with Gasteiger partial charge in [0.05, 0.1) is 16.8 Å². The number of fused-ring (bicyclic) bond motifs is 1. The van der Waals surface area contributed by atoms with Crippen LogP contribution in [0.1, 0.15) is 49.7 Å². The molecule has 1 aliphatic heterocycles. The zero-order valence-corrected chi connectivity index (χ0v) is 20.9. The van der Waals surface area contributed by atoms with Gasteiger partial charge in [-0.1, -0.05) is 84.9 Å². The maximum absolute atomic E-state index is 14.2. The Labute approximate surface area is 224 Å². The molecule has 1 heterocycles. The molecule has 0 unspecified atom stereocenters. The van der Waals surface area contributed by atoms with Crippen LogP contribution in [-0.4, -0.2) is 28.5 Å². The number of ether oxygens (including phenoxy) is 1. The van der Waals surface area contributed by atoms with E-state index in [4.69, 9.17) is 4.74 Å². The fourth-order valence-corrected chi connectivity index (χ4v) is 4.61. The van der Waals surface area contributed by atoms with Crippen molar-refractivity contribution in [3.63, 3.8) is 0 Å². The molecule has 0 bridgehead atoms. The summed E-state index contributed by atoms with van der Waals surface area (Å²) >= 11 is 0. The minimum atomic E-state index is -1.32. The highest BCUT2D eigenvalue weighted by Gasteiger charge is 2.40. The van der Waals surface area contributed by atoms with E-state index < -0.39 is 35.1 Å². The van der Waals surface area contributed by atoms with Crippen LogP contribution < -0.4 is 5.32 Å². The first-order valence-electron chi connectivity index (χ1n) is 12.2. The minimum absolute atomic E-state index is 0.168. The maximum Gasteiger partial charge on any atom is 0.339 e. The summed E-state index contributed by atoms with van der Waals surface area (Å²) in [6.45, 7) is 1.35. The summed E-state index contributed by atoms with van der Waals surface area (Å²) in [5.41, 5.74) is 2.14. The number of nitrogens with one attached hydrogen (secondary N) is 1. The summed E-state index contributed by atoms with van der Waals surface area (Å²) in [7, 11) is 0. The van der Waals surface area contributed by atoms with Crippen molar-refractivity contribution in [3.05, 3.63) is 137 Å². The molecule has 4 aromatic carbocycles. The van der Waals surface area contributed by atoms with Crippen LogP contribution in [0.15, 0.2) is 114 Å². The molecule has 2 N–H and O–H groups in total. The van der Waals surface area contributed by atoms with Gasteiger partial charge in [-0.2, -0.15) is 0 Å². The predicted molar refractivity (Wildman–Crippen MR) is 146 cm³/mol. The van der Waals surface area contributed by atoms with Gasteiger partial charge < -0.3 is 15.2 Å². The van der Waals surface area contributed by atoms with Gasteiger partial charge in [-0.15, -0.1) is 0 Å². The zero-order chi connectivity index (χ0) is 27.5. The molecule has 0 fully saturated rings. The molecule has 0 spiro atoms. The number of Topliss-reactive ketones (excluding diaryl/α,β-unsaturated/α-hetero) is 2. The topological polar surface area (TPSA) is 110 Å². The van der Waals surface area contributed by atoms with E-state index in [1.807, 2.05) is 30.3 Å². The van der Waals surface area contributed by atoms with Crippen LogP contribution in [-0.2, 0) is 9.53 Å². The Morgan fingerprint density at radius 1 is 0.744 bits per heavy atom. The minimum Gasteiger partial charge on any atom is -0.503 e. The van der Waals surface area contributed by atoms with Crippen LogP contribution in [0.2, 0.25) is 0 Å². The van der Waals surface area contributed by atoms with Crippen molar-refractivity contribution < 1.29 is 29.0 Å². The zero-order valence-electron chi connectivity index (χ0n) is 20.9. The van der Waals surface area contributed by atoms with Gasteiger partial charge in [-0.3, -0.25) is 14.4 Å². The Balaban J connectivity index is 1.65. The molecule has 1 aliphatic rings. The number of carbonyl (C=O) groups is 4. The highest BCUT2D eigenvalue weighted by atomic mass is 16.5. The van der Waals surface area contributed by atoms with Crippen molar-refractivity contribution in [1.82, 2.24) is 0 Å². The summed E-state index contributed by atoms with van der Waals surface area (Å²) in [4.78, 5) is 52.2. The summed E-state index contributed by atoms with van der Waals surface area (Å²) < 4.78 is 5.55. The molecule has 0 aliphatic carbocycles. The van der Waals surface area contributed by atoms with Gasteiger partial charge in [0.15, 0.2) is 23.4 Å². The van der Waals surface area contributed by atoms with E-state index in [9.17, 15) is 24.3 Å². The number of rotatable bonds is 7. The molecule has 39 heavy (non-hydrogen) atoms. The second kappa shape index (κ2) is 10.6. The van der Waals surface area contributed by atoms with Crippen molar-refractivity contribution in [2.24, 2.45) is 0 Å². The number of hydrogen-bond acceptors (Lipinski definition) is 6. The Kier molecular flexibility index (Phi) is 6.89. The average Bonchev–Trinajstić information content (AvgIpc) is 3.29. The van der Waals surface area contributed by atoms with Gasteiger partial charge in [-0.25, -0.2) is 4.79 Å². The predicted octanol–water partition coefficient (Wildman–Crippen LogP) is 6.10. The first kappa shape index (κ1) is 25.4. The van der Waals surface area contributed by atoms with Gasteiger partial charge in [0, 0.05) is 16.7 Å². The lowest BCUT2D eigenvalue weighted by atomic mass is 9.88. The van der Waals surface area contributed by atoms with E-state index in [0.29, 0.717) is 11.1 Å². The number of para-hydroxylation sites is 1. The fourth-order valence-electron chi connectivity index (χ4n) is 4.61. The molecule has 192 valence electrons. The Morgan fingerprint density at radius 2 is 1.33 bits per heavy atom. The lowest BCUT2D eigenvalue weighted by molar-refractivity contribution is -0.115. The first-order valence-corrected chi connectivity index (χ1v) is 12.2. The molecule has 0 aromatic heterocycles. The SMILES string of the molecule is CC(=O)c1ccccc1NC(=O)/C(O)=C(/C(=O)c1ccccc1-c1ccccc1)[C@@H]1OC(=O)c2ccccc21. The maximum atomic E-state index is 14.2. The second-order valence-electron chi connectivity index (χ2n) is 8.93. The normalized spacial score (nSPS) is 14.6. The Hall–Kier alpha value is -5.30. The number of aliphatic hydroxyl groups is 1. The van der Waals surface area contributed by atoms with E-state index in [1.54, 1.807) is 60.7 Å². The van der Waals surface area contributed by atoms with Crippen LogP contribution >= 0.6 is 0 Å². The van der Waals surface area contributed by atoms with Gasteiger partial charge in [0.25, 0.3) is 5.91 Å². The van der Waals surface area contributed by atoms with Crippen molar-refractivity contribution in [2.75, 3.05) is 5.32 Å². The third-order valence-electron chi connectivity index (χ3n) is 6.48. The molecule has 7 heteroatoms. The second-order valence-corrected chi connectivity index (χ2v) is 8.93. The fraction of sp³-hybridized carbons (Fsp3) is 0.0625. The van der Waals surface area contributed by atoms with Crippen molar-refractivity contribution in [2.45, 2.75) is 13.0 Å². The number of amides is 1. The van der Waals surface area contributed by atoms with Gasteiger partial charge in [0.2, 0.25) is 0 Å². The largest absolute Gasteiger partial charge is 0.503 e. The van der Waals surface area contributed by atoms with Crippen LogP contribution in [0.3, 0.4) is 0 Å². The molecule has 4 aromatic rings. The number of ketones is 2. The molecule has 0 radical (unpaired) electrons. The van der Waals surface area contributed by atoms with Crippen LogP contribution in [0, 0.1) is 0 Å². The number of cyclic esters (lactones) is 1. The van der Waals surface area contributed by atoms with Crippen LogP contribution in [0.25, 0.3) is 11.1 Å². The molecule has 5 rings (SSSR count). The van der Waals surface area contributed by atoms with Gasteiger partial charge >= 0.3 is 5.97 Å². The third kappa shape index (κ3) is 4.85. The van der Waals surface area contributed by atoms with Crippen LogP contribution in [0.4, 0.5) is 5.69 Å². The standard InChI is InChI=1S/C32H23NO6/c1-19(34)21-13-9-10-18-26(21)33-31(37)29(36)27(30-24-16-7-8-17-25(24)32(38)39-30)28(35)23-15-6-5-14-22(23)20-11-3-2-4-12-20/h2-18,30,36H,1H3,(H,33,37)/b29-27+/t30-/m1/s1. The molecular formula is C32H23NO6. The van der Waals surface area contributed by atoms with E-state index >= 15 is 0 Å². The summed E-state index contributed by atoms with van der Waals surface area (Å²) in [6, 6.07) is 28.8. The van der Waals surface area contributed by atoms with Crippen LogP contribution in [0.5, 0.6) is 0 Å². The smallest absolute Gasteiger partial charge is 0.339 e. The highest BCUT2D eigenvalue weighted by molar-refractivity contribution is 6.19. The van der Waals surface area contributed by atoms with Crippen molar-refractivity contribution >= 4 is 29.1 Å². The lowest BCUT2D eigenvalue weighted by Crippen LogP contribution is -2.23. The van der Waals surface area contributed by atoms with Gasteiger partial charge in [-0.05, 0) is 36.2 Å². The molecule has 7 nitrogen and oxygen atoms in total. The third-order valence-corrected chi connectivity index (χ3v) is 6.48.